The molecule has 0 saturated carbocycles. The molecule has 1 aliphatic heterocycles. The van der Waals surface area contributed by atoms with Gasteiger partial charge in [0.2, 0.25) is 5.91 Å². The molecule has 1 aliphatic rings. The minimum Gasteiger partial charge on any atom is -0.342 e. The van der Waals surface area contributed by atoms with E-state index in [1.54, 1.807) is 0 Å². The van der Waals surface area contributed by atoms with Crippen molar-refractivity contribution in [2.24, 2.45) is 4.99 Å². The van der Waals surface area contributed by atoms with Gasteiger partial charge in [-0.05, 0) is 39.3 Å². The molecule has 4 heteroatoms. The van der Waals surface area contributed by atoms with Gasteiger partial charge in [-0.2, -0.15) is 0 Å². The average molecular weight is 450 g/mol. The van der Waals surface area contributed by atoms with E-state index in [1.807, 2.05) is 11.8 Å². The van der Waals surface area contributed by atoms with Crippen LogP contribution in [0, 0.1) is 0 Å². The van der Waals surface area contributed by atoms with Gasteiger partial charge in [-0.25, -0.2) is 0 Å². The van der Waals surface area contributed by atoms with Crippen LogP contribution in [-0.4, -0.2) is 49.2 Å². The number of carbonyl (C=O) groups is 1. The number of nitrogens with one attached hydrogen (secondary N) is 1. The zero-order valence-corrected chi connectivity index (χ0v) is 21.8. The zero-order valence-electron chi connectivity index (χ0n) is 21.8. The van der Waals surface area contributed by atoms with Crippen LogP contribution in [0.25, 0.3) is 0 Å². The van der Waals surface area contributed by atoms with Gasteiger partial charge in [0, 0.05) is 25.3 Å². The van der Waals surface area contributed by atoms with Crippen LogP contribution in [0.4, 0.5) is 0 Å². The van der Waals surface area contributed by atoms with E-state index in [4.69, 9.17) is 0 Å². The van der Waals surface area contributed by atoms with Crippen molar-refractivity contribution in [3.05, 3.63) is 0 Å². The van der Waals surface area contributed by atoms with Crippen molar-refractivity contribution in [3.8, 4) is 0 Å². The summed E-state index contributed by atoms with van der Waals surface area (Å²) in [4.78, 5) is 18.7. The lowest BCUT2D eigenvalue weighted by atomic mass is 10.0. The van der Waals surface area contributed by atoms with Gasteiger partial charge in [-0.15, -0.1) is 0 Å². The van der Waals surface area contributed by atoms with Crippen molar-refractivity contribution < 1.29 is 4.79 Å². The first-order chi connectivity index (χ1) is 15.7. The first kappa shape index (κ1) is 29.1. The van der Waals surface area contributed by atoms with E-state index < -0.39 is 0 Å². The van der Waals surface area contributed by atoms with Crippen LogP contribution < -0.4 is 5.32 Å². The van der Waals surface area contributed by atoms with Crippen molar-refractivity contribution in [2.45, 2.75) is 136 Å². The van der Waals surface area contributed by atoms with E-state index in [0.29, 0.717) is 6.42 Å². The fourth-order valence-corrected chi connectivity index (χ4v) is 4.60. The van der Waals surface area contributed by atoms with Gasteiger partial charge in [-0.1, -0.05) is 103 Å². The van der Waals surface area contributed by atoms with E-state index in [9.17, 15) is 4.79 Å². The van der Waals surface area contributed by atoms with Crippen LogP contribution in [0.3, 0.4) is 0 Å². The molecular formula is C28H55N3O. The maximum atomic E-state index is 12.2. The van der Waals surface area contributed by atoms with Crippen molar-refractivity contribution in [3.63, 3.8) is 0 Å². The Bertz CT molecular complexity index is 464. The second-order valence-corrected chi connectivity index (χ2v) is 9.93. The second-order valence-electron chi connectivity index (χ2n) is 9.93. The molecular weight excluding hydrogens is 394 g/mol. The highest BCUT2D eigenvalue weighted by Gasteiger charge is 2.15. The minimum absolute atomic E-state index is 0.253. The van der Waals surface area contributed by atoms with Crippen molar-refractivity contribution in [2.75, 3.05) is 32.7 Å². The highest BCUT2D eigenvalue weighted by atomic mass is 16.2. The number of rotatable bonds is 21. The Kier molecular flexibility index (Phi) is 20.0. The molecule has 0 spiro atoms. The Labute approximate surface area is 200 Å². The number of carbonyl (C=O) groups excluding carboxylic acids is 1. The topological polar surface area (TPSA) is 44.7 Å². The lowest BCUT2D eigenvalue weighted by Crippen LogP contribution is -2.36. The smallest absolute Gasteiger partial charge is 0.228 e. The summed E-state index contributed by atoms with van der Waals surface area (Å²) in [6, 6.07) is 0. The first-order valence-electron chi connectivity index (χ1n) is 14.2. The lowest BCUT2D eigenvalue weighted by Gasteiger charge is -2.24. The third-order valence-electron chi connectivity index (χ3n) is 6.72. The molecule has 0 saturated heterocycles. The van der Waals surface area contributed by atoms with Crippen molar-refractivity contribution >= 4 is 11.6 Å². The summed E-state index contributed by atoms with van der Waals surface area (Å²) in [6.07, 6.45) is 25.3. The van der Waals surface area contributed by atoms with Crippen molar-refractivity contribution in [1.82, 2.24) is 10.2 Å². The quantitative estimate of drug-likeness (QED) is 0.187. The summed E-state index contributed by atoms with van der Waals surface area (Å²) in [5.41, 5.74) is 0.987. The molecule has 0 aromatic heterocycles. The molecule has 1 heterocycles. The highest BCUT2D eigenvalue weighted by molar-refractivity contribution is 5.99. The van der Waals surface area contributed by atoms with E-state index in [2.05, 4.69) is 17.2 Å². The second kappa shape index (κ2) is 21.9. The van der Waals surface area contributed by atoms with Crippen LogP contribution in [0.15, 0.2) is 4.99 Å². The first-order valence-corrected chi connectivity index (χ1v) is 14.2. The number of amides is 1. The Balaban J connectivity index is 1.77. The molecule has 1 rings (SSSR count). The maximum Gasteiger partial charge on any atom is 0.228 e. The molecule has 188 valence electrons. The normalized spacial score (nSPS) is 16.6. The number of hydrogen-bond acceptors (Lipinski definition) is 3. The van der Waals surface area contributed by atoms with E-state index in [-0.39, 0.29) is 5.91 Å². The Morgan fingerprint density at radius 3 is 1.81 bits per heavy atom. The number of aliphatic imine (C=N–C) groups is 1. The van der Waals surface area contributed by atoms with Gasteiger partial charge in [0.25, 0.3) is 0 Å². The van der Waals surface area contributed by atoms with E-state index >= 15 is 0 Å². The fourth-order valence-electron chi connectivity index (χ4n) is 4.60. The van der Waals surface area contributed by atoms with Gasteiger partial charge >= 0.3 is 0 Å². The molecule has 1 amide bonds. The monoisotopic (exact) mass is 449 g/mol. The molecule has 4 nitrogen and oxygen atoms in total. The van der Waals surface area contributed by atoms with Crippen LogP contribution in [0.2, 0.25) is 0 Å². The molecule has 0 aliphatic carbocycles. The largest absolute Gasteiger partial charge is 0.342 e. The Morgan fingerprint density at radius 1 is 0.750 bits per heavy atom. The van der Waals surface area contributed by atoms with Gasteiger partial charge in [0.15, 0.2) is 0 Å². The molecule has 0 aromatic carbocycles. The SMILES string of the molecule is CCCCCCCCCCCCCCCCCCNCCCN1CCC/N=C(/C)CC1=O. The maximum absolute atomic E-state index is 12.2. The highest BCUT2D eigenvalue weighted by Crippen LogP contribution is 2.13. The van der Waals surface area contributed by atoms with Crippen LogP contribution >= 0.6 is 0 Å². The van der Waals surface area contributed by atoms with Gasteiger partial charge in [0.1, 0.15) is 0 Å². The molecule has 1 N–H and O–H groups in total. The molecule has 0 bridgehead atoms. The average Bonchev–Trinajstić information content (AvgIpc) is 2.78. The molecule has 32 heavy (non-hydrogen) atoms. The number of hydrogen-bond donors (Lipinski definition) is 1. The summed E-state index contributed by atoms with van der Waals surface area (Å²) in [5, 5.41) is 3.56. The minimum atomic E-state index is 0.253. The number of unbranched alkanes of at least 4 members (excludes halogenated alkanes) is 15. The summed E-state index contributed by atoms with van der Waals surface area (Å²) < 4.78 is 0. The van der Waals surface area contributed by atoms with Crippen LogP contribution in [-0.2, 0) is 4.79 Å². The van der Waals surface area contributed by atoms with Crippen LogP contribution in [0.1, 0.15) is 136 Å². The Morgan fingerprint density at radius 2 is 1.25 bits per heavy atom. The standard InChI is InChI=1S/C28H55N3O/c1-3-4-5-6-7-8-9-10-11-12-13-14-15-16-17-18-21-29-22-19-24-31-25-20-23-30-27(2)26-28(31)32/h29H,3-26H2,1-2H3/b30-27-. The molecule has 0 aromatic rings. The third kappa shape index (κ3) is 17.6. The number of nitrogens with zero attached hydrogens (tertiary/aromatic N) is 2. The molecule has 0 atom stereocenters. The molecule has 0 radical (unpaired) electrons. The lowest BCUT2D eigenvalue weighted by molar-refractivity contribution is -0.130. The summed E-state index contributed by atoms with van der Waals surface area (Å²) in [6.45, 7) is 9.04. The molecule has 0 fully saturated rings. The van der Waals surface area contributed by atoms with E-state index in [1.165, 1.54) is 103 Å². The van der Waals surface area contributed by atoms with Gasteiger partial charge in [-0.3, -0.25) is 9.79 Å². The zero-order chi connectivity index (χ0) is 23.1. The third-order valence-corrected chi connectivity index (χ3v) is 6.72. The Hall–Kier alpha value is -0.900. The van der Waals surface area contributed by atoms with Crippen molar-refractivity contribution in [1.29, 1.82) is 0 Å². The molecule has 0 unspecified atom stereocenters. The predicted octanol–water partition coefficient (Wildman–Crippen LogP) is 7.31. The van der Waals surface area contributed by atoms with Gasteiger partial charge < -0.3 is 10.2 Å². The fraction of sp³-hybridized carbons (Fsp3) is 0.929. The van der Waals surface area contributed by atoms with Gasteiger partial charge in [0.05, 0.1) is 6.42 Å². The predicted molar refractivity (Wildman–Crippen MR) is 141 cm³/mol. The van der Waals surface area contributed by atoms with Crippen LogP contribution in [0.5, 0.6) is 0 Å². The summed E-state index contributed by atoms with van der Waals surface area (Å²) in [7, 11) is 0. The summed E-state index contributed by atoms with van der Waals surface area (Å²) in [5.74, 6) is 0.253. The van der Waals surface area contributed by atoms with E-state index in [0.717, 1.165) is 51.3 Å². The summed E-state index contributed by atoms with van der Waals surface area (Å²) >= 11 is 0.